The molecular formula is C9H12O5. The molecule has 0 aliphatic heterocycles. The quantitative estimate of drug-likeness (QED) is 0.225. The fourth-order valence-electron chi connectivity index (χ4n) is 0.498. The maximum atomic E-state index is 11.0. The Kier molecular flexibility index (Phi) is 6.06. The van der Waals surface area contributed by atoms with Crippen molar-refractivity contribution in [2.75, 3.05) is 13.2 Å². The van der Waals surface area contributed by atoms with E-state index in [0.717, 1.165) is 12.3 Å². The molecule has 0 aromatic carbocycles. The second-order valence-electron chi connectivity index (χ2n) is 2.31. The first-order valence-corrected chi connectivity index (χ1v) is 3.89. The van der Waals surface area contributed by atoms with E-state index in [4.69, 9.17) is 9.84 Å². The predicted molar refractivity (Wildman–Crippen MR) is 48.1 cm³/mol. The zero-order valence-corrected chi connectivity index (χ0v) is 7.86. The third kappa shape index (κ3) is 5.10. The van der Waals surface area contributed by atoms with E-state index < -0.39 is 11.9 Å². The lowest BCUT2D eigenvalue weighted by atomic mass is 10.3. The van der Waals surface area contributed by atoms with Crippen molar-refractivity contribution in [2.45, 2.75) is 6.92 Å². The van der Waals surface area contributed by atoms with Crippen LogP contribution in [0.25, 0.3) is 0 Å². The van der Waals surface area contributed by atoms with Crippen LogP contribution >= 0.6 is 0 Å². The maximum absolute atomic E-state index is 11.0. The van der Waals surface area contributed by atoms with Gasteiger partial charge in [0, 0.05) is 6.08 Å². The minimum Gasteiger partial charge on any atom is -0.498 e. The summed E-state index contributed by atoms with van der Waals surface area (Å²) in [6.07, 6.45) is 2.01. The Morgan fingerprint density at radius 2 is 2.14 bits per heavy atom. The number of hydrogen-bond acceptors (Lipinski definition) is 5. The highest BCUT2D eigenvalue weighted by Gasteiger charge is 2.09. The van der Waals surface area contributed by atoms with Crippen LogP contribution in [0.2, 0.25) is 0 Å². The topological polar surface area (TPSA) is 72.8 Å². The van der Waals surface area contributed by atoms with E-state index in [1.165, 1.54) is 6.92 Å². The largest absolute Gasteiger partial charge is 0.498 e. The van der Waals surface area contributed by atoms with Crippen LogP contribution in [-0.2, 0) is 19.1 Å². The number of hydrogen-bond donors (Lipinski definition) is 1. The highest BCUT2D eigenvalue weighted by atomic mass is 16.6. The van der Waals surface area contributed by atoms with Crippen LogP contribution in [0.1, 0.15) is 6.92 Å². The summed E-state index contributed by atoms with van der Waals surface area (Å²) >= 11 is 0. The van der Waals surface area contributed by atoms with Crippen LogP contribution < -0.4 is 0 Å². The number of aliphatic hydroxyl groups excluding tert-OH is 1. The highest BCUT2D eigenvalue weighted by molar-refractivity contribution is 5.98. The van der Waals surface area contributed by atoms with Gasteiger partial charge in [0.15, 0.2) is 0 Å². The number of ether oxygens (including phenoxy) is 2. The molecule has 0 atom stereocenters. The molecule has 0 fully saturated rings. The molecule has 0 aliphatic carbocycles. The van der Waals surface area contributed by atoms with Crippen molar-refractivity contribution in [3.05, 3.63) is 24.5 Å². The zero-order valence-electron chi connectivity index (χ0n) is 7.86. The van der Waals surface area contributed by atoms with E-state index >= 15 is 0 Å². The second-order valence-corrected chi connectivity index (χ2v) is 2.31. The lowest BCUT2D eigenvalue weighted by molar-refractivity contribution is -0.153. The van der Waals surface area contributed by atoms with Crippen molar-refractivity contribution >= 4 is 11.9 Å². The number of carbonyl (C=O) groups is 2. The van der Waals surface area contributed by atoms with Gasteiger partial charge < -0.3 is 14.6 Å². The van der Waals surface area contributed by atoms with E-state index in [-0.39, 0.29) is 18.8 Å². The molecule has 1 N–H and O–H groups in total. The summed E-state index contributed by atoms with van der Waals surface area (Å²) in [4.78, 5) is 21.6. The van der Waals surface area contributed by atoms with Gasteiger partial charge in [-0.1, -0.05) is 6.58 Å². The van der Waals surface area contributed by atoms with Crippen molar-refractivity contribution in [3.8, 4) is 0 Å². The molecule has 14 heavy (non-hydrogen) atoms. The van der Waals surface area contributed by atoms with Crippen LogP contribution in [0.5, 0.6) is 0 Å². The number of rotatable bonds is 5. The van der Waals surface area contributed by atoms with E-state index in [0.29, 0.717) is 0 Å². The summed E-state index contributed by atoms with van der Waals surface area (Å²) in [7, 11) is 0. The van der Waals surface area contributed by atoms with Gasteiger partial charge in [0.25, 0.3) is 0 Å². The monoisotopic (exact) mass is 200 g/mol. The third-order valence-electron chi connectivity index (χ3n) is 1.15. The van der Waals surface area contributed by atoms with Gasteiger partial charge in [-0.15, -0.1) is 0 Å². The molecule has 0 heterocycles. The second kappa shape index (κ2) is 6.85. The Balaban J connectivity index is 4.04. The van der Waals surface area contributed by atoms with E-state index in [1.54, 1.807) is 0 Å². The van der Waals surface area contributed by atoms with Crippen molar-refractivity contribution in [3.63, 3.8) is 0 Å². The fourth-order valence-corrected chi connectivity index (χ4v) is 0.498. The summed E-state index contributed by atoms with van der Waals surface area (Å²) in [5.41, 5.74) is 0.133. The molecule has 5 heteroatoms. The Morgan fingerprint density at radius 3 is 2.64 bits per heavy atom. The smallest absolute Gasteiger partial charge is 0.344 e. The Hall–Kier alpha value is -1.62. The van der Waals surface area contributed by atoms with Gasteiger partial charge in [-0.2, -0.15) is 0 Å². The van der Waals surface area contributed by atoms with Crippen LogP contribution in [0.3, 0.4) is 0 Å². The van der Waals surface area contributed by atoms with Crippen LogP contribution in [0.15, 0.2) is 24.5 Å². The summed E-state index contributed by atoms with van der Waals surface area (Å²) in [6, 6.07) is 0. The van der Waals surface area contributed by atoms with Gasteiger partial charge in [-0.05, 0) is 6.92 Å². The SMILES string of the molecule is C=CC(=O)OC(=O)C(C)=COCCO. The van der Waals surface area contributed by atoms with E-state index in [9.17, 15) is 9.59 Å². The van der Waals surface area contributed by atoms with Gasteiger partial charge >= 0.3 is 11.9 Å². The minimum atomic E-state index is -0.815. The third-order valence-corrected chi connectivity index (χ3v) is 1.15. The van der Waals surface area contributed by atoms with Crippen molar-refractivity contribution in [1.29, 1.82) is 0 Å². The molecule has 0 aromatic heterocycles. The molecule has 0 amide bonds. The number of aliphatic hydroxyl groups is 1. The van der Waals surface area contributed by atoms with Crippen molar-refractivity contribution < 1.29 is 24.2 Å². The molecule has 0 spiro atoms. The van der Waals surface area contributed by atoms with Crippen LogP contribution in [-0.4, -0.2) is 30.3 Å². The lowest BCUT2D eigenvalue weighted by Crippen LogP contribution is -2.11. The molecular weight excluding hydrogens is 188 g/mol. The first-order valence-electron chi connectivity index (χ1n) is 3.89. The summed E-state index contributed by atoms with van der Waals surface area (Å²) in [5, 5.41) is 8.36. The van der Waals surface area contributed by atoms with E-state index in [1.807, 2.05) is 0 Å². The lowest BCUT2D eigenvalue weighted by Gasteiger charge is -2.00. The maximum Gasteiger partial charge on any atom is 0.344 e. The zero-order chi connectivity index (χ0) is 11.0. The van der Waals surface area contributed by atoms with Gasteiger partial charge in [-0.25, -0.2) is 9.59 Å². The predicted octanol–water partition coefficient (Wildman–Crippen LogP) is 0.155. The summed E-state index contributed by atoms with van der Waals surface area (Å²) in [5.74, 6) is -1.61. The van der Waals surface area contributed by atoms with Crippen LogP contribution in [0, 0.1) is 0 Å². The normalized spacial score (nSPS) is 10.6. The first kappa shape index (κ1) is 12.4. The Morgan fingerprint density at radius 1 is 1.50 bits per heavy atom. The van der Waals surface area contributed by atoms with Crippen LogP contribution in [0.4, 0.5) is 0 Å². The number of carbonyl (C=O) groups excluding carboxylic acids is 2. The molecule has 5 nitrogen and oxygen atoms in total. The van der Waals surface area contributed by atoms with Gasteiger partial charge in [0.05, 0.1) is 18.4 Å². The first-order chi connectivity index (χ1) is 6.61. The standard InChI is InChI=1S/C9H12O5/c1-3-8(11)14-9(12)7(2)6-13-5-4-10/h3,6,10H,1,4-5H2,2H3. The van der Waals surface area contributed by atoms with Crippen molar-refractivity contribution in [2.24, 2.45) is 0 Å². The van der Waals surface area contributed by atoms with Gasteiger partial charge in [0.2, 0.25) is 0 Å². The molecule has 78 valence electrons. The van der Waals surface area contributed by atoms with Gasteiger partial charge in [-0.3, -0.25) is 0 Å². The fraction of sp³-hybridized carbons (Fsp3) is 0.333. The highest BCUT2D eigenvalue weighted by Crippen LogP contribution is 1.97. The minimum absolute atomic E-state index is 0.0834. The average molecular weight is 200 g/mol. The molecule has 0 radical (unpaired) electrons. The average Bonchev–Trinajstić information content (AvgIpc) is 2.17. The molecule has 0 bridgehead atoms. The molecule has 0 rings (SSSR count). The Bertz CT molecular complexity index is 254. The van der Waals surface area contributed by atoms with E-state index in [2.05, 4.69) is 11.3 Å². The molecule has 0 aliphatic rings. The Labute approximate surface area is 81.6 Å². The number of esters is 2. The molecule has 0 saturated carbocycles. The molecule has 0 saturated heterocycles. The van der Waals surface area contributed by atoms with Crippen molar-refractivity contribution in [1.82, 2.24) is 0 Å². The summed E-state index contributed by atoms with van der Waals surface area (Å²) in [6.45, 7) is 4.50. The van der Waals surface area contributed by atoms with Gasteiger partial charge in [0.1, 0.15) is 6.61 Å². The molecule has 0 aromatic rings. The molecule has 0 unspecified atom stereocenters. The summed E-state index contributed by atoms with van der Waals surface area (Å²) < 4.78 is 9.02.